The Bertz CT molecular complexity index is 1170. The van der Waals surface area contributed by atoms with Crippen molar-refractivity contribution in [3.63, 3.8) is 0 Å². The summed E-state index contributed by atoms with van der Waals surface area (Å²) in [5.74, 6) is 0. The topological polar surface area (TPSA) is 58.2 Å². The summed E-state index contributed by atoms with van der Waals surface area (Å²) in [5.41, 5.74) is 3.73. The van der Waals surface area contributed by atoms with Crippen LogP contribution in [0.5, 0.6) is 0 Å². The van der Waals surface area contributed by atoms with Crippen molar-refractivity contribution < 1.29 is 9.13 Å². The summed E-state index contributed by atoms with van der Waals surface area (Å²) < 4.78 is 25.5. The van der Waals surface area contributed by atoms with Crippen LogP contribution in [0.15, 0.2) is 109 Å². The van der Waals surface area contributed by atoms with Crippen LogP contribution in [0.1, 0.15) is 0 Å². The zero-order chi connectivity index (χ0) is 21.7. The van der Waals surface area contributed by atoms with E-state index in [0.29, 0.717) is 0 Å². The molecule has 154 valence electrons. The summed E-state index contributed by atoms with van der Waals surface area (Å²) in [4.78, 5) is 0. The number of hydrogen-bond acceptors (Lipinski definition) is 2. The fourth-order valence-corrected chi connectivity index (χ4v) is 6.16. The van der Waals surface area contributed by atoms with Crippen LogP contribution < -0.4 is 20.8 Å². The Morgan fingerprint density at radius 3 is 1.45 bits per heavy atom. The summed E-state index contributed by atoms with van der Waals surface area (Å²) in [6.45, 7) is 1.64. The second-order valence-corrected chi connectivity index (χ2v) is 10.8. The van der Waals surface area contributed by atoms with Gasteiger partial charge in [0.2, 0.25) is 7.29 Å². The van der Waals surface area contributed by atoms with Crippen LogP contribution in [0.25, 0.3) is 11.1 Å². The molecule has 0 saturated heterocycles. The van der Waals surface area contributed by atoms with Crippen molar-refractivity contribution in [1.82, 2.24) is 0 Å². The van der Waals surface area contributed by atoms with Gasteiger partial charge in [-0.05, 0) is 64.2 Å². The predicted molar refractivity (Wildman–Crippen MR) is 132 cm³/mol. The fraction of sp³-hybridized carbons (Fsp3) is 0.0400. The van der Waals surface area contributed by atoms with Crippen LogP contribution in [0.4, 0.5) is 11.4 Å². The van der Waals surface area contributed by atoms with Crippen LogP contribution in [0, 0.1) is 0 Å². The van der Waals surface area contributed by atoms with E-state index in [0.717, 1.165) is 33.1 Å². The molecule has 0 aliphatic heterocycles. The lowest BCUT2D eigenvalue weighted by Crippen LogP contribution is -2.21. The van der Waals surface area contributed by atoms with E-state index >= 15 is 0 Å². The molecule has 2 N–H and O–H groups in total. The highest BCUT2D eigenvalue weighted by Crippen LogP contribution is 2.43. The van der Waals surface area contributed by atoms with Gasteiger partial charge in [-0.3, -0.25) is 4.57 Å². The third kappa shape index (κ3) is 4.94. The second kappa shape index (κ2) is 9.31. The van der Waals surface area contributed by atoms with Gasteiger partial charge < -0.3 is 5.09 Å². The van der Waals surface area contributed by atoms with Crippen molar-refractivity contribution in [2.75, 3.05) is 16.8 Å². The van der Waals surface area contributed by atoms with Gasteiger partial charge in [0.15, 0.2) is 6.66 Å². The molecule has 1 atom stereocenters. The Kier molecular flexibility index (Phi) is 6.32. The molecule has 0 radical (unpaired) electrons. The van der Waals surface area contributed by atoms with E-state index in [4.69, 9.17) is 0 Å². The molecule has 4 rings (SSSR count). The summed E-state index contributed by atoms with van der Waals surface area (Å²) >= 11 is 0. The quantitative estimate of drug-likeness (QED) is 0.320. The van der Waals surface area contributed by atoms with Crippen LogP contribution >= 0.6 is 15.2 Å². The maximum absolute atomic E-state index is 14.1. The van der Waals surface area contributed by atoms with E-state index in [2.05, 4.69) is 10.2 Å². The van der Waals surface area contributed by atoms with Crippen molar-refractivity contribution in [3.8, 4) is 11.1 Å². The average molecular weight is 445 g/mol. The van der Waals surface area contributed by atoms with Crippen molar-refractivity contribution >= 4 is 37.2 Å². The maximum atomic E-state index is 14.1. The van der Waals surface area contributed by atoms with Gasteiger partial charge in [-0.15, -0.1) is 0 Å². The first-order valence-corrected chi connectivity index (χ1v) is 13.3. The van der Waals surface area contributed by atoms with Crippen LogP contribution in [0.3, 0.4) is 0 Å². The van der Waals surface area contributed by atoms with E-state index in [1.165, 1.54) is 0 Å². The second-order valence-electron chi connectivity index (χ2n) is 7.16. The first-order chi connectivity index (χ1) is 15.0. The third-order valence-corrected chi connectivity index (χ3v) is 8.11. The smallest absolute Gasteiger partial charge is 0.329 e. The Balaban J connectivity index is 1.61. The van der Waals surface area contributed by atoms with Crippen LogP contribution in [-0.2, 0) is 9.13 Å². The van der Waals surface area contributed by atoms with E-state index in [1.807, 2.05) is 109 Å². The third-order valence-electron chi connectivity index (χ3n) is 4.92. The molecule has 0 bridgehead atoms. The molecule has 4 aromatic rings. The molecule has 0 heterocycles. The molecule has 4 nitrogen and oxygen atoms in total. The molecule has 4 aromatic carbocycles. The van der Waals surface area contributed by atoms with Crippen molar-refractivity contribution in [1.29, 1.82) is 0 Å². The van der Waals surface area contributed by atoms with Crippen LogP contribution in [-0.4, -0.2) is 6.66 Å². The largest absolute Gasteiger partial charge is 0.456 e. The Labute approximate surface area is 183 Å². The highest BCUT2D eigenvalue weighted by molar-refractivity contribution is 7.80. The number of nitrogens with one attached hydrogen (secondary N) is 2. The van der Waals surface area contributed by atoms with Gasteiger partial charge in [0.05, 0.1) is 5.69 Å². The minimum absolute atomic E-state index is 0.766. The number of hydrogen-bond donors (Lipinski definition) is 2. The Morgan fingerprint density at radius 1 is 0.613 bits per heavy atom. The molecule has 1 unspecified atom stereocenters. The van der Waals surface area contributed by atoms with Crippen molar-refractivity contribution in [2.24, 2.45) is 0 Å². The lowest BCUT2D eigenvalue weighted by molar-refractivity contribution is 0.590. The van der Waals surface area contributed by atoms with Crippen molar-refractivity contribution in [3.05, 3.63) is 109 Å². The summed E-state index contributed by atoms with van der Waals surface area (Å²) in [5, 5.41) is 7.76. The maximum Gasteiger partial charge on any atom is 0.456 e. The molecule has 0 fully saturated rings. The van der Waals surface area contributed by atoms with E-state index in [1.54, 1.807) is 6.66 Å². The first kappa shape index (κ1) is 21.1. The minimum Gasteiger partial charge on any atom is -0.329 e. The predicted octanol–water partition coefficient (Wildman–Crippen LogP) is 6.48. The first-order valence-electron chi connectivity index (χ1n) is 9.92. The molecule has 0 aromatic heterocycles. The number of anilines is 2. The highest BCUT2D eigenvalue weighted by atomic mass is 31.2. The lowest BCUT2D eigenvalue weighted by atomic mass is 10.1. The normalized spacial score (nSPS) is 11.6. The van der Waals surface area contributed by atoms with Gasteiger partial charge in [0.1, 0.15) is 0 Å². The van der Waals surface area contributed by atoms with Gasteiger partial charge in [0, 0.05) is 16.3 Å². The SMILES string of the molecule is C[P+](=O)Nc1ccc(-c2ccc(NP(=O)(c3ccccc3)c3ccccc3)cc2)cc1. The fourth-order valence-electron chi connectivity index (χ4n) is 3.39. The molecule has 0 spiro atoms. The zero-order valence-electron chi connectivity index (χ0n) is 17.1. The molecule has 0 saturated carbocycles. The molecule has 0 aliphatic rings. The molecular weight excluding hydrogens is 422 g/mol. The molecular formula is C25H23N2O2P2+. The molecule has 0 aliphatic carbocycles. The van der Waals surface area contributed by atoms with Gasteiger partial charge in [-0.1, -0.05) is 60.7 Å². The standard InChI is InChI=1S/C25H23N2O2P2/c1-30(28)26-22-16-12-20(13-17-22)21-14-18-23(19-15-21)27-31(29,24-8-4-2-5-9-24)25-10-6-3-7-11-25/h2-19H,1H3,(H,26,28)(H,27,29)/q+1. The summed E-state index contributed by atoms with van der Waals surface area (Å²) in [6.07, 6.45) is 0. The van der Waals surface area contributed by atoms with E-state index < -0.39 is 15.2 Å². The summed E-state index contributed by atoms with van der Waals surface area (Å²) in [6, 6.07) is 34.8. The van der Waals surface area contributed by atoms with Crippen molar-refractivity contribution in [2.45, 2.75) is 0 Å². The molecule has 0 amide bonds. The van der Waals surface area contributed by atoms with Gasteiger partial charge >= 0.3 is 7.95 Å². The van der Waals surface area contributed by atoms with Gasteiger partial charge in [-0.25, -0.2) is 0 Å². The number of benzene rings is 4. The average Bonchev–Trinajstić information content (AvgIpc) is 2.81. The molecule has 6 heteroatoms. The Morgan fingerprint density at radius 2 is 1.03 bits per heavy atom. The molecule has 31 heavy (non-hydrogen) atoms. The number of rotatable bonds is 7. The summed E-state index contributed by atoms with van der Waals surface area (Å²) in [7, 11) is -4.47. The van der Waals surface area contributed by atoms with E-state index in [-0.39, 0.29) is 0 Å². The van der Waals surface area contributed by atoms with Gasteiger partial charge in [-0.2, -0.15) is 5.09 Å². The zero-order valence-corrected chi connectivity index (χ0v) is 18.9. The Hall–Kier alpha value is -3.19. The van der Waals surface area contributed by atoms with Gasteiger partial charge in [0.25, 0.3) is 0 Å². The van der Waals surface area contributed by atoms with Crippen LogP contribution in [0.2, 0.25) is 0 Å². The van der Waals surface area contributed by atoms with E-state index in [9.17, 15) is 9.13 Å². The highest BCUT2D eigenvalue weighted by Gasteiger charge is 2.27. The minimum atomic E-state index is -3.04. The lowest BCUT2D eigenvalue weighted by Gasteiger charge is -2.22. The monoisotopic (exact) mass is 445 g/mol.